The molecule has 0 heterocycles. The van der Waals surface area contributed by atoms with Crippen molar-refractivity contribution in [2.45, 2.75) is 75.9 Å². The average molecular weight is 651 g/mol. The molecule has 0 aliphatic rings. The van der Waals surface area contributed by atoms with E-state index in [1.54, 1.807) is 0 Å². The van der Waals surface area contributed by atoms with Gasteiger partial charge in [-0.2, -0.15) is 12.6 Å². The third-order valence-corrected chi connectivity index (χ3v) is 6.66. The molecule has 0 rings (SSSR count). The van der Waals surface area contributed by atoms with E-state index in [0.717, 1.165) is 12.8 Å². The van der Waals surface area contributed by atoms with E-state index in [4.69, 9.17) is 47.6 Å². The largest absolute Gasteiger partial charge is 0.461 e. The van der Waals surface area contributed by atoms with Crippen molar-refractivity contribution in [3.05, 3.63) is 0 Å². The molecular weight excluding hydrogens is 600 g/mol. The lowest BCUT2D eigenvalue weighted by molar-refractivity contribution is -0.154. The monoisotopic (exact) mass is 650 g/mol. The van der Waals surface area contributed by atoms with Crippen LogP contribution in [-0.2, 0) is 47.7 Å². The van der Waals surface area contributed by atoms with Gasteiger partial charge in [-0.1, -0.05) is 12.8 Å². The molecule has 1 amide bonds. The molecule has 0 fully saturated rings. The van der Waals surface area contributed by atoms with Crippen LogP contribution in [0.3, 0.4) is 0 Å². The van der Waals surface area contributed by atoms with E-state index < -0.39 is 60.4 Å². The number of thiol groups is 1. The minimum Gasteiger partial charge on any atom is -0.461 e. The molecule has 0 aromatic rings. The Morgan fingerprint density at radius 2 is 1.07 bits per heavy atom. The minimum atomic E-state index is -1.10. The van der Waals surface area contributed by atoms with Crippen molar-refractivity contribution in [3.63, 3.8) is 0 Å². The van der Waals surface area contributed by atoms with Gasteiger partial charge in [-0.05, 0) is 45.2 Å². The first-order valence-corrected chi connectivity index (χ1v) is 15.3. The predicted molar refractivity (Wildman–Crippen MR) is 163 cm³/mol. The molecule has 0 aliphatic carbocycles. The number of amides is 1. The summed E-state index contributed by atoms with van der Waals surface area (Å²) in [7, 11) is 0. The minimum absolute atomic E-state index is 0.0254. The van der Waals surface area contributed by atoms with Crippen molar-refractivity contribution in [2.24, 2.45) is 34.6 Å². The van der Waals surface area contributed by atoms with E-state index in [1.807, 2.05) is 0 Å². The number of Topliss-reactive ketones (excluding diaryl/α,β-unsaturated/α-hetero) is 1. The fourth-order valence-corrected chi connectivity index (χ4v) is 3.86. The van der Waals surface area contributed by atoms with E-state index in [0.29, 0.717) is 38.8 Å². The van der Waals surface area contributed by atoms with Crippen LogP contribution in [0.1, 0.15) is 57.8 Å². The molecule has 0 aromatic heterocycles. The molecule has 44 heavy (non-hydrogen) atoms. The van der Waals surface area contributed by atoms with Crippen molar-refractivity contribution in [1.29, 1.82) is 0 Å². The summed E-state index contributed by atoms with van der Waals surface area (Å²) in [5.41, 5.74) is 28.0. The van der Waals surface area contributed by atoms with Crippen LogP contribution >= 0.6 is 12.6 Å². The Balaban J connectivity index is 4.21. The number of nitrogens with one attached hydrogen (secondary N) is 1. The van der Waals surface area contributed by atoms with Crippen LogP contribution in [-0.4, -0.2) is 106 Å². The fraction of sp³-hybridized carbons (Fsp3) is 0.778. The van der Waals surface area contributed by atoms with Crippen molar-refractivity contribution < 1.29 is 47.7 Å². The summed E-state index contributed by atoms with van der Waals surface area (Å²) >= 11 is 4.10. The highest BCUT2D eigenvalue weighted by molar-refractivity contribution is 7.80. The number of ketones is 1. The summed E-state index contributed by atoms with van der Waals surface area (Å²) in [5, 5.41) is 2.37. The third kappa shape index (κ3) is 20.2. The zero-order chi connectivity index (χ0) is 33.3. The number of esters is 4. The van der Waals surface area contributed by atoms with Crippen LogP contribution in [0.5, 0.6) is 0 Å². The molecule has 17 heteroatoms. The lowest BCUT2D eigenvalue weighted by Crippen LogP contribution is -2.38. The van der Waals surface area contributed by atoms with Crippen LogP contribution in [0.25, 0.3) is 0 Å². The van der Waals surface area contributed by atoms with Crippen LogP contribution in [0.15, 0.2) is 0 Å². The van der Waals surface area contributed by atoms with Crippen LogP contribution in [0.4, 0.5) is 0 Å². The van der Waals surface area contributed by atoms with Crippen molar-refractivity contribution in [2.75, 3.05) is 51.8 Å². The number of unbranched alkanes of at least 4 members (excludes halogenated alkanes) is 2. The smallest absolute Gasteiger partial charge is 0.325 e. The number of carbonyl (C=O) groups excluding carboxylic acids is 6. The van der Waals surface area contributed by atoms with Gasteiger partial charge in [0.1, 0.15) is 56.9 Å². The van der Waals surface area contributed by atoms with Crippen molar-refractivity contribution >= 4 is 48.2 Å². The summed E-state index contributed by atoms with van der Waals surface area (Å²) in [5.74, 6) is -4.50. The maximum Gasteiger partial charge on any atom is 0.325 e. The average Bonchev–Trinajstić information content (AvgIpc) is 3.01. The summed E-state index contributed by atoms with van der Waals surface area (Å²) in [4.78, 5) is 72.3. The maximum atomic E-state index is 12.4. The molecule has 254 valence electrons. The maximum absolute atomic E-state index is 12.4. The highest BCUT2D eigenvalue weighted by Gasteiger charge is 2.23. The lowest BCUT2D eigenvalue weighted by Gasteiger charge is -2.15. The van der Waals surface area contributed by atoms with Gasteiger partial charge < -0.3 is 52.9 Å². The Bertz CT molecular complexity index is 897. The quantitative estimate of drug-likeness (QED) is 0.0226. The molecular formula is C27H50N6O10S. The van der Waals surface area contributed by atoms with Crippen LogP contribution < -0.4 is 34.0 Å². The number of hydrogen-bond donors (Lipinski definition) is 7. The fourth-order valence-electron chi connectivity index (χ4n) is 3.56. The molecule has 0 aliphatic heterocycles. The van der Waals surface area contributed by atoms with E-state index >= 15 is 0 Å². The molecule has 0 saturated heterocycles. The van der Waals surface area contributed by atoms with Gasteiger partial charge in [0, 0.05) is 18.6 Å². The first-order valence-electron chi connectivity index (χ1n) is 14.7. The normalized spacial score (nSPS) is 13.6. The highest BCUT2D eigenvalue weighted by Crippen LogP contribution is 2.11. The molecule has 11 N–H and O–H groups in total. The van der Waals surface area contributed by atoms with Gasteiger partial charge in [0.05, 0.1) is 5.92 Å². The van der Waals surface area contributed by atoms with Crippen LogP contribution in [0.2, 0.25) is 0 Å². The zero-order valence-corrected chi connectivity index (χ0v) is 26.1. The molecule has 4 atom stereocenters. The van der Waals surface area contributed by atoms with Crippen molar-refractivity contribution in [1.82, 2.24) is 5.32 Å². The molecule has 0 spiro atoms. The Labute approximate surface area is 263 Å². The van der Waals surface area contributed by atoms with E-state index in [9.17, 15) is 28.8 Å². The number of rotatable bonds is 26. The highest BCUT2D eigenvalue weighted by atomic mass is 32.1. The SMILES string of the molecule is NCCCC[C@H](N)C(=O)OCCOC(=O)CNC(=O)[C@H](CS)CC(=O)CC[C@H](N)C(=O)OCCOC(=O)[C@@H](N)CCCCN. The zero-order valence-electron chi connectivity index (χ0n) is 25.2. The second-order valence-electron chi connectivity index (χ2n) is 9.99. The van der Waals surface area contributed by atoms with Gasteiger partial charge >= 0.3 is 23.9 Å². The van der Waals surface area contributed by atoms with E-state index in [-0.39, 0.29) is 57.2 Å². The number of ether oxygens (including phenoxy) is 4. The van der Waals surface area contributed by atoms with Gasteiger partial charge in [0.15, 0.2) is 0 Å². The van der Waals surface area contributed by atoms with Gasteiger partial charge in [0.2, 0.25) is 5.91 Å². The standard InChI is InChI=1S/C27H50N6O10S/c28-9-3-1-5-20(30)25(37)41-12-11-40-23(35)16-33-24(36)18(17-44)15-19(34)7-8-22(32)27(39)43-14-13-42-26(38)21(31)6-2-4-10-29/h18,20-22,44H,1-17,28-32H2,(H,33,36)/t18-,20-,21-,22-/m0/s1. The van der Waals surface area contributed by atoms with Gasteiger partial charge in [-0.25, -0.2) is 0 Å². The summed E-state index contributed by atoms with van der Waals surface area (Å²) in [6.07, 6.45) is 3.43. The summed E-state index contributed by atoms with van der Waals surface area (Å²) < 4.78 is 19.8. The van der Waals surface area contributed by atoms with Crippen molar-refractivity contribution in [3.8, 4) is 0 Å². The molecule has 16 nitrogen and oxygen atoms in total. The second kappa shape index (κ2) is 25.5. The molecule has 0 bridgehead atoms. The Hall–Kier alpha value is -2.83. The summed E-state index contributed by atoms with van der Waals surface area (Å²) in [6, 6.07) is -2.67. The number of nitrogens with two attached hydrogens (primary N) is 5. The molecule has 0 saturated carbocycles. The first kappa shape index (κ1) is 41.2. The Kier molecular flexibility index (Phi) is 23.9. The Morgan fingerprint density at radius 1 is 0.636 bits per heavy atom. The molecule has 0 aromatic carbocycles. The third-order valence-electron chi connectivity index (χ3n) is 6.22. The van der Waals surface area contributed by atoms with Gasteiger partial charge in [-0.3, -0.25) is 28.8 Å². The van der Waals surface area contributed by atoms with E-state index in [2.05, 4.69) is 17.9 Å². The Morgan fingerprint density at radius 3 is 1.50 bits per heavy atom. The number of hydrogen-bond acceptors (Lipinski definition) is 16. The number of carbonyl (C=O) groups is 6. The van der Waals surface area contributed by atoms with E-state index in [1.165, 1.54) is 0 Å². The molecule has 0 radical (unpaired) electrons. The first-order chi connectivity index (χ1) is 21.0. The second-order valence-corrected chi connectivity index (χ2v) is 10.4. The van der Waals surface area contributed by atoms with Gasteiger partial charge in [-0.15, -0.1) is 0 Å². The molecule has 0 unspecified atom stereocenters. The van der Waals surface area contributed by atoms with Gasteiger partial charge in [0.25, 0.3) is 0 Å². The lowest BCUT2D eigenvalue weighted by atomic mass is 9.99. The predicted octanol–water partition coefficient (Wildman–Crippen LogP) is -2.20. The van der Waals surface area contributed by atoms with Crippen LogP contribution in [0, 0.1) is 5.92 Å². The topological polar surface area (TPSA) is 281 Å². The summed E-state index contributed by atoms with van der Waals surface area (Å²) in [6.45, 7) is -0.275.